The number of carbonyl (C=O) groups excluding carboxylic acids is 3. The average molecular weight is 791 g/mol. The fourth-order valence-electron chi connectivity index (χ4n) is 6.22. The number of aliphatic carboxylic acids is 1. The monoisotopic (exact) mass is 789 g/mol. The predicted octanol–water partition coefficient (Wildman–Crippen LogP) is 3.42. The van der Waals surface area contributed by atoms with Gasteiger partial charge in [-0.25, -0.2) is 14.5 Å². The number of hydrogen-bond donors (Lipinski definition) is 3. The Morgan fingerprint density at radius 3 is 2.20 bits per heavy atom. The molecule has 2 radical (unpaired) electrons. The van der Waals surface area contributed by atoms with Crippen LogP contribution in [0.15, 0.2) is 53.0 Å². The minimum Gasteiger partial charge on any atom is -0.480 e. The average Bonchev–Trinajstić information content (AvgIpc) is 3.25. The Bertz CT molecular complexity index is 1550. The van der Waals surface area contributed by atoms with Crippen molar-refractivity contribution in [2.45, 2.75) is 31.7 Å². The van der Waals surface area contributed by atoms with Crippen LogP contribution >= 0.6 is 27.5 Å². The van der Waals surface area contributed by atoms with Crippen LogP contribution in [0.3, 0.4) is 0 Å². The summed E-state index contributed by atoms with van der Waals surface area (Å²) in [5, 5.41) is 22.3. The molecule has 2 aliphatic heterocycles. The molecule has 2 saturated heterocycles. The molecule has 14 nitrogen and oxygen atoms in total. The Morgan fingerprint density at radius 1 is 0.902 bits per heavy atom. The van der Waals surface area contributed by atoms with Crippen molar-refractivity contribution in [3.63, 3.8) is 0 Å². The molecule has 4 rings (SSSR count). The van der Waals surface area contributed by atoms with Crippen molar-refractivity contribution in [3.8, 4) is 0 Å². The molecule has 2 heterocycles. The number of urea groups is 1. The second kappa shape index (κ2) is 18.6. The first-order chi connectivity index (χ1) is 24.3. The smallest absolute Gasteiger partial charge is 0.407 e. The van der Waals surface area contributed by atoms with E-state index in [9.17, 15) is 34.2 Å². The zero-order valence-electron chi connectivity index (χ0n) is 28.7. The quantitative estimate of drug-likeness (QED) is 0.215. The fourth-order valence-corrected chi connectivity index (χ4v) is 6.67. The number of rotatable bonds is 12. The summed E-state index contributed by atoms with van der Waals surface area (Å²) in [6.45, 7) is 4.52. The fraction of sp³-hybridized carbons (Fsp3) is 0.486. The van der Waals surface area contributed by atoms with E-state index in [2.05, 4.69) is 21.2 Å². The highest BCUT2D eigenvalue weighted by Gasteiger charge is 2.54. The Morgan fingerprint density at radius 2 is 1.53 bits per heavy atom. The molecule has 2 fully saturated rings. The minimum atomic E-state index is -1.15. The third-order valence-corrected chi connectivity index (χ3v) is 9.88. The van der Waals surface area contributed by atoms with Gasteiger partial charge in [0.1, 0.15) is 5.54 Å². The lowest BCUT2D eigenvalue weighted by Crippen LogP contribution is -2.49. The molecular weight excluding hydrogens is 746 g/mol. The van der Waals surface area contributed by atoms with Crippen LogP contribution in [0.1, 0.15) is 25.3 Å². The van der Waals surface area contributed by atoms with E-state index in [-0.39, 0.29) is 57.6 Å². The highest BCUT2D eigenvalue weighted by molar-refractivity contribution is 9.10. The molecule has 2 aromatic carbocycles. The van der Waals surface area contributed by atoms with Gasteiger partial charge in [0.25, 0.3) is 5.91 Å². The van der Waals surface area contributed by atoms with Gasteiger partial charge in [0.2, 0.25) is 5.91 Å². The van der Waals surface area contributed by atoms with E-state index in [0.29, 0.717) is 62.7 Å². The third kappa shape index (κ3) is 11.4. The maximum atomic E-state index is 13.9. The van der Waals surface area contributed by atoms with Crippen LogP contribution in [0, 0.1) is 7.05 Å². The first kappa shape index (κ1) is 40.0. The minimum absolute atomic E-state index is 0.00362. The van der Waals surface area contributed by atoms with Gasteiger partial charge in [-0.1, -0.05) is 45.7 Å². The molecule has 0 aliphatic carbocycles. The summed E-state index contributed by atoms with van der Waals surface area (Å²) in [5.74, 6) is -1.58. The SMILES string of the molecule is [CH]N1CCN(CC(=O)O)CCN(CC(=O)NCCCCN2C(=O)N(c3cccc(Cl)c3)C(=O)[C@]2(C)Cc2ccc(Br)cc2)CCN(C(=O)O)CC1. The van der Waals surface area contributed by atoms with Crippen molar-refractivity contribution in [1.29, 1.82) is 0 Å². The molecule has 0 bridgehead atoms. The van der Waals surface area contributed by atoms with Crippen LogP contribution in [0.25, 0.3) is 0 Å². The van der Waals surface area contributed by atoms with Gasteiger partial charge in [0, 0.05) is 88.4 Å². The molecule has 0 spiro atoms. The van der Waals surface area contributed by atoms with Crippen LogP contribution in [-0.2, 0) is 20.8 Å². The lowest BCUT2D eigenvalue weighted by molar-refractivity contribution is -0.138. The highest BCUT2D eigenvalue weighted by atomic mass is 79.9. The van der Waals surface area contributed by atoms with Gasteiger partial charge in [-0.05, 0) is 55.7 Å². The van der Waals surface area contributed by atoms with E-state index in [1.54, 1.807) is 41.0 Å². The van der Waals surface area contributed by atoms with E-state index in [0.717, 1.165) is 10.0 Å². The Kier molecular flexibility index (Phi) is 14.6. The summed E-state index contributed by atoms with van der Waals surface area (Å²) in [6.07, 6.45) is 0.267. The number of carboxylic acids is 1. The molecule has 0 aromatic heterocycles. The van der Waals surface area contributed by atoms with Crippen molar-refractivity contribution in [3.05, 3.63) is 70.6 Å². The second-order valence-corrected chi connectivity index (χ2v) is 14.3. The summed E-state index contributed by atoms with van der Waals surface area (Å²) in [6, 6.07) is 13.8. The number of anilines is 1. The van der Waals surface area contributed by atoms with Crippen molar-refractivity contribution >= 4 is 63.1 Å². The van der Waals surface area contributed by atoms with Gasteiger partial charge < -0.3 is 25.3 Å². The van der Waals surface area contributed by atoms with Crippen LogP contribution < -0.4 is 10.2 Å². The zero-order chi connectivity index (χ0) is 37.1. The van der Waals surface area contributed by atoms with Crippen LogP contribution in [0.2, 0.25) is 5.02 Å². The number of nitrogens with zero attached hydrogens (tertiary/aromatic N) is 6. The van der Waals surface area contributed by atoms with Crippen LogP contribution in [0.5, 0.6) is 0 Å². The van der Waals surface area contributed by atoms with Gasteiger partial charge in [-0.15, -0.1) is 0 Å². The highest BCUT2D eigenvalue weighted by Crippen LogP contribution is 2.36. The molecule has 3 N–H and O–H groups in total. The Balaban J connectivity index is 1.36. The van der Waals surface area contributed by atoms with Gasteiger partial charge in [0.05, 0.1) is 18.8 Å². The van der Waals surface area contributed by atoms with Gasteiger partial charge in [0.15, 0.2) is 0 Å². The van der Waals surface area contributed by atoms with Crippen molar-refractivity contribution in [2.24, 2.45) is 0 Å². The van der Waals surface area contributed by atoms with Crippen molar-refractivity contribution < 1.29 is 34.2 Å². The van der Waals surface area contributed by atoms with Crippen LogP contribution in [-0.4, -0.2) is 149 Å². The molecule has 2 aromatic rings. The Labute approximate surface area is 312 Å². The Hall–Kier alpha value is -3.76. The number of carbonyl (C=O) groups is 5. The normalized spacial score (nSPS) is 20.3. The predicted molar refractivity (Wildman–Crippen MR) is 196 cm³/mol. The van der Waals surface area contributed by atoms with E-state index < -0.39 is 23.6 Å². The summed E-state index contributed by atoms with van der Waals surface area (Å²) < 4.78 is 0.902. The molecule has 276 valence electrons. The van der Waals surface area contributed by atoms with Gasteiger partial charge in [-0.2, -0.15) is 0 Å². The topological polar surface area (TPSA) is 157 Å². The summed E-state index contributed by atoms with van der Waals surface area (Å²) in [5.41, 5.74) is 0.140. The van der Waals surface area contributed by atoms with E-state index in [1.165, 1.54) is 14.7 Å². The lowest BCUT2D eigenvalue weighted by Gasteiger charge is -2.32. The number of nitrogens with one attached hydrogen (secondary N) is 1. The summed E-state index contributed by atoms with van der Waals surface area (Å²) in [4.78, 5) is 73.1. The van der Waals surface area contributed by atoms with E-state index in [1.807, 2.05) is 29.2 Å². The molecule has 0 unspecified atom stereocenters. The number of imide groups is 1. The third-order valence-electron chi connectivity index (χ3n) is 9.12. The van der Waals surface area contributed by atoms with Crippen molar-refractivity contribution in [1.82, 2.24) is 29.8 Å². The molecule has 16 heteroatoms. The number of halogens is 2. The number of hydrogen-bond acceptors (Lipinski definition) is 8. The molecule has 1 atom stereocenters. The first-order valence-corrected chi connectivity index (χ1v) is 18.0. The molecule has 2 aliphatic rings. The van der Waals surface area contributed by atoms with Gasteiger partial charge >= 0.3 is 18.1 Å². The van der Waals surface area contributed by atoms with Crippen LogP contribution in [0.4, 0.5) is 15.3 Å². The second-order valence-electron chi connectivity index (χ2n) is 12.9. The molecule has 0 saturated carbocycles. The van der Waals surface area contributed by atoms with Crippen molar-refractivity contribution in [2.75, 3.05) is 83.4 Å². The van der Waals surface area contributed by atoms with E-state index >= 15 is 0 Å². The molecule has 5 amide bonds. The maximum Gasteiger partial charge on any atom is 0.407 e. The number of benzene rings is 2. The first-order valence-electron chi connectivity index (χ1n) is 16.8. The van der Waals surface area contributed by atoms with Gasteiger partial charge in [-0.3, -0.25) is 29.1 Å². The largest absolute Gasteiger partial charge is 0.480 e. The standard InChI is InChI=1S/C35H45BrClN7O7/c1-35(23-26-8-10-27(36)11-9-26)32(48)44(29-7-5-6-28(37)22-29)33(49)43(35)13-4-3-12-38-30(45)24-40-17-18-41(25-31(46)47)16-14-39(2)15-20-42(21-19-40)34(50)51/h2,5-11,22H,3-4,12-21,23-25H2,1H3,(H,38,45)(H,46,47)(H,50,51)/t35-/m0/s1. The summed E-state index contributed by atoms with van der Waals surface area (Å²) >= 11 is 9.65. The zero-order valence-corrected chi connectivity index (χ0v) is 31.0. The lowest BCUT2D eigenvalue weighted by atomic mass is 9.91. The number of unbranched alkanes of at least 4 members (excludes halogenated alkanes) is 1. The molecular formula is C35H45BrClN7O7. The number of amides is 5. The van der Waals surface area contributed by atoms with E-state index in [4.69, 9.17) is 18.6 Å². The molecule has 51 heavy (non-hydrogen) atoms. The summed E-state index contributed by atoms with van der Waals surface area (Å²) in [7, 11) is 6.00. The maximum absolute atomic E-state index is 13.9. The number of carboxylic acid groups (broad SMARTS) is 2.